The molecular weight excluding hydrogens is 117 g/mol. The average molecular weight is 124 g/mol. The molecule has 0 unspecified atom stereocenters. The van der Waals surface area contributed by atoms with Gasteiger partial charge in [0.25, 0.3) is 5.92 Å². The Kier molecular flexibility index (Phi) is 2.07. The third-order valence-corrected chi connectivity index (χ3v) is 0.856. The van der Waals surface area contributed by atoms with E-state index in [1.165, 1.54) is 0 Å². The summed E-state index contributed by atoms with van der Waals surface area (Å²) in [5, 5.41) is 0. The molecule has 0 fully saturated rings. The zero-order valence-electron chi connectivity index (χ0n) is 4.71. The van der Waals surface area contributed by atoms with Gasteiger partial charge in [-0.3, -0.25) is 0 Å². The molecule has 0 spiro atoms. The third kappa shape index (κ3) is 2.00. The number of hydrogen-bond acceptors (Lipinski definition) is 0. The van der Waals surface area contributed by atoms with Gasteiger partial charge in [-0.2, -0.15) is 0 Å². The normalized spacial score (nSPS) is 14.4. The van der Waals surface area contributed by atoms with Crippen LogP contribution in [0.5, 0.6) is 0 Å². The quantitative estimate of drug-likeness (QED) is 0.503. The van der Waals surface area contributed by atoms with E-state index in [4.69, 9.17) is 0 Å². The molecule has 0 N–H and O–H groups in total. The van der Waals surface area contributed by atoms with Crippen molar-refractivity contribution >= 4 is 0 Å². The molecule has 0 aliphatic rings. The van der Waals surface area contributed by atoms with Gasteiger partial charge in [-0.15, -0.1) is 0 Å². The first kappa shape index (κ1) is 7.53. The molecule has 0 saturated heterocycles. The zero-order chi connectivity index (χ0) is 6.78. The van der Waals surface area contributed by atoms with Crippen molar-refractivity contribution in [3.8, 4) is 0 Å². The lowest BCUT2D eigenvalue weighted by molar-refractivity contribution is 0.0620. The second kappa shape index (κ2) is 2.20. The van der Waals surface area contributed by atoms with E-state index in [0.29, 0.717) is 6.92 Å². The van der Waals surface area contributed by atoms with Crippen LogP contribution in [-0.2, 0) is 0 Å². The molecule has 3 heteroatoms. The molecule has 0 aromatic carbocycles. The fourth-order valence-electron chi connectivity index (χ4n) is 0.0958. The first-order valence-electron chi connectivity index (χ1n) is 2.13. The van der Waals surface area contributed by atoms with Crippen molar-refractivity contribution < 1.29 is 13.2 Å². The van der Waals surface area contributed by atoms with E-state index in [9.17, 15) is 13.2 Å². The SMILES string of the molecule is C/C(=C/F)C(C)(F)F. The summed E-state index contributed by atoms with van der Waals surface area (Å²) >= 11 is 0. The molecule has 48 valence electrons. The van der Waals surface area contributed by atoms with Crippen molar-refractivity contribution in [2.75, 3.05) is 0 Å². The lowest BCUT2D eigenvalue weighted by Crippen LogP contribution is -2.10. The summed E-state index contributed by atoms with van der Waals surface area (Å²) in [4.78, 5) is 0. The summed E-state index contributed by atoms with van der Waals surface area (Å²) in [5.74, 6) is -3.01. The largest absolute Gasteiger partial charge is 0.268 e. The fraction of sp³-hybridized carbons (Fsp3) is 0.600. The smallest absolute Gasteiger partial charge is 0.215 e. The van der Waals surface area contributed by atoms with Crippen LogP contribution in [0.4, 0.5) is 13.2 Å². The molecule has 0 nitrogen and oxygen atoms in total. The average Bonchev–Trinajstić information content (AvgIpc) is 1.62. The van der Waals surface area contributed by atoms with E-state index >= 15 is 0 Å². The first-order valence-corrected chi connectivity index (χ1v) is 2.13. The van der Waals surface area contributed by atoms with Crippen LogP contribution in [0.15, 0.2) is 11.9 Å². The van der Waals surface area contributed by atoms with Gasteiger partial charge in [-0.05, 0) is 6.92 Å². The van der Waals surface area contributed by atoms with Crippen molar-refractivity contribution in [1.29, 1.82) is 0 Å². The molecule has 0 aromatic heterocycles. The van der Waals surface area contributed by atoms with Crippen molar-refractivity contribution in [2.24, 2.45) is 0 Å². The van der Waals surface area contributed by atoms with Gasteiger partial charge >= 0.3 is 0 Å². The summed E-state index contributed by atoms with van der Waals surface area (Å²) in [6.07, 6.45) is -0.0833. The van der Waals surface area contributed by atoms with Gasteiger partial charge in [0.05, 0.1) is 6.33 Å². The van der Waals surface area contributed by atoms with Crippen molar-refractivity contribution in [1.82, 2.24) is 0 Å². The monoisotopic (exact) mass is 124 g/mol. The lowest BCUT2D eigenvalue weighted by atomic mass is 10.2. The third-order valence-electron chi connectivity index (χ3n) is 0.856. The van der Waals surface area contributed by atoms with Gasteiger partial charge in [-0.25, -0.2) is 13.2 Å². The Morgan fingerprint density at radius 3 is 1.88 bits per heavy atom. The maximum atomic E-state index is 11.8. The summed E-state index contributed by atoms with van der Waals surface area (Å²) in [7, 11) is 0. The Bertz CT molecular complexity index is 98.7. The maximum Gasteiger partial charge on any atom is 0.268 e. The summed E-state index contributed by atoms with van der Waals surface area (Å²) in [6.45, 7) is 1.69. The highest BCUT2D eigenvalue weighted by Crippen LogP contribution is 2.21. The van der Waals surface area contributed by atoms with Gasteiger partial charge in [0.1, 0.15) is 0 Å². The molecule has 0 aromatic rings. The summed E-state index contributed by atoms with van der Waals surface area (Å²) < 4.78 is 34.9. The molecular formula is C5H7F3. The van der Waals surface area contributed by atoms with Crippen LogP contribution >= 0.6 is 0 Å². The first-order chi connectivity index (χ1) is 3.48. The van der Waals surface area contributed by atoms with Crippen LogP contribution < -0.4 is 0 Å². The molecule has 0 radical (unpaired) electrons. The highest BCUT2D eigenvalue weighted by Gasteiger charge is 2.23. The van der Waals surface area contributed by atoms with Crippen LogP contribution in [-0.4, -0.2) is 5.92 Å². The number of hydrogen-bond donors (Lipinski definition) is 0. The predicted molar refractivity (Wildman–Crippen MR) is 25.5 cm³/mol. The minimum absolute atomic E-state index is 0.0833. The molecule has 0 saturated carbocycles. The van der Waals surface area contributed by atoms with Crippen LogP contribution in [0.2, 0.25) is 0 Å². The Hall–Kier alpha value is -0.470. The topological polar surface area (TPSA) is 0 Å². The van der Waals surface area contributed by atoms with E-state index in [0.717, 1.165) is 6.92 Å². The van der Waals surface area contributed by atoms with E-state index in [1.807, 2.05) is 0 Å². The second-order valence-electron chi connectivity index (χ2n) is 1.68. The molecule has 0 bridgehead atoms. The molecule has 0 rings (SSSR count). The number of halogens is 3. The number of allylic oxidation sites excluding steroid dienone is 1. The minimum Gasteiger partial charge on any atom is -0.215 e. The van der Waals surface area contributed by atoms with Crippen molar-refractivity contribution in [2.45, 2.75) is 19.8 Å². The van der Waals surface area contributed by atoms with Gasteiger partial charge in [0, 0.05) is 12.5 Å². The van der Waals surface area contributed by atoms with Crippen LogP contribution in [0.1, 0.15) is 13.8 Å². The van der Waals surface area contributed by atoms with Crippen LogP contribution in [0.3, 0.4) is 0 Å². The minimum atomic E-state index is -3.01. The van der Waals surface area contributed by atoms with Gasteiger partial charge < -0.3 is 0 Å². The predicted octanol–water partition coefficient (Wildman–Crippen LogP) is 2.51. The van der Waals surface area contributed by atoms with Gasteiger partial charge in [0.15, 0.2) is 0 Å². The highest BCUT2D eigenvalue weighted by molar-refractivity contribution is 5.03. The maximum absolute atomic E-state index is 11.8. The Balaban J connectivity index is 4.03. The molecule has 0 aliphatic heterocycles. The highest BCUT2D eigenvalue weighted by atomic mass is 19.3. The fourth-order valence-corrected chi connectivity index (χ4v) is 0.0958. The Morgan fingerprint density at radius 2 is 1.88 bits per heavy atom. The van der Waals surface area contributed by atoms with E-state index < -0.39 is 11.5 Å². The molecule has 0 amide bonds. The van der Waals surface area contributed by atoms with E-state index in [-0.39, 0.29) is 6.33 Å². The van der Waals surface area contributed by atoms with E-state index in [2.05, 4.69) is 0 Å². The molecule has 0 atom stereocenters. The molecule has 0 heterocycles. The Morgan fingerprint density at radius 1 is 1.50 bits per heavy atom. The van der Waals surface area contributed by atoms with Crippen LogP contribution in [0.25, 0.3) is 0 Å². The number of alkyl halides is 2. The van der Waals surface area contributed by atoms with Crippen molar-refractivity contribution in [3.63, 3.8) is 0 Å². The molecule has 8 heavy (non-hydrogen) atoms. The summed E-state index contributed by atoms with van der Waals surface area (Å²) in [5.41, 5.74) is -0.544. The van der Waals surface area contributed by atoms with Crippen LogP contribution in [0, 0.1) is 0 Å². The molecule has 0 aliphatic carbocycles. The number of rotatable bonds is 1. The van der Waals surface area contributed by atoms with Crippen molar-refractivity contribution in [3.05, 3.63) is 11.9 Å². The second-order valence-corrected chi connectivity index (χ2v) is 1.68. The summed E-state index contributed by atoms with van der Waals surface area (Å²) in [6, 6.07) is 0. The Labute approximate surface area is 46.0 Å². The van der Waals surface area contributed by atoms with Gasteiger partial charge in [0.2, 0.25) is 0 Å². The van der Waals surface area contributed by atoms with Gasteiger partial charge in [-0.1, -0.05) is 0 Å². The lowest BCUT2D eigenvalue weighted by Gasteiger charge is -2.06. The zero-order valence-corrected chi connectivity index (χ0v) is 4.71. The standard InChI is InChI=1S/C5H7F3/c1-4(3-6)5(2,7)8/h3H,1-2H3/b4-3-. The van der Waals surface area contributed by atoms with E-state index in [1.54, 1.807) is 0 Å².